The van der Waals surface area contributed by atoms with Crippen LogP contribution in [0.4, 0.5) is 0 Å². The number of imidazole rings is 1. The second-order valence-electron chi connectivity index (χ2n) is 5.18. The number of carboxylic acid groups (broad SMARTS) is 1. The van der Waals surface area contributed by atoms with Crippen LogP contribution in [-0.4, -0.2) is 44.4 Å². The third-order valence-corrected chi connectivity index (χ3v) is 4.01. The predicted octanol–water partition coefficient (Wildman–Crippen LogP) is 1.66. The van der Waals surface area contributed by atoms with E-state index in [0.717, 1.165) is 32.1 Å². The molecule has 0 radical (unpaired) electrons. The van der Waals surface area contributed by atoms with Gasteiger partial charge in [-0.3, -0.25) is 9.59 Å². The lowest BCUT2D eigenvalue weighted by atomic mass is 9.78. The first kappa shape index (κ1) is 13.6. The topological polar surface area (TPSA) is 86.3 Å². The molecule has 0 saturated heterocycles. The van der Waals surface area contributed by atoms with Gasteiger partial charge in [-0.25, -0.2) is 4.98 Å². The summed E-state index contributed by atoms with van der Waals surface area (Å²) < 4.78 is 0. The Kier molecular flexibility index (Phi) is 3.87. The summed E-state index contributed by atoms with van der Waals surface area (Å²) in [5, 5.41) is 9.13. The van der Waals surface area contributed by atoms with Crippen LogP contribution in [0.3, 0.4) is 0 Å². The zero-order valence-electron chi connectivity index (χ0n) is 11.1. The van der Waals surface area contributed by atoms with E-state index >= 15 is 0 Å². The van der Waals surface area contributed by atoms with E-state index in [-0.39, 0.29) is 12.3 Å². The maximum atomic E-state index is 12.4. The largest absolute Gasteiger partial charge is 0.481 e. The number of H-pyrrole nitrogens is 1. The molecule has 104 valence electrons. The molecule has 0 atom stereocenters. The van der Waals surface area contributed by atoms with Crippen molar-refractivity contribution in [3.05, 3.63) is 18.2 Å². The average Bonchev–Trinajstić information content (AvgIpc) is 2.91. The second kappa shape index (κ2) is 5.42. The van der Waals surface area contributed by atoms with Crippen molar-refractivity contribution in [1.29, 1.82) is 0 Å². The van der Waals surface area contributed by atoms with Crippen molar-refractivity contribution < 1.29 is 14.7 Å². The molecule has 2 rings (SSSR count). The summed E-state index contributed by atoms with van der Waals surface area (Å²) in [5.74, 6) is -1.05. The summed E-state index contributed by atoms with van der Waals surface area (Å²) in [6.07, 6.45) is 7.45. The molecule has 1 aromatic heterocycles. The van der Waals surface area contributed by atoms with Gasteiger partial charge < -0.3 is 15.0 Å². The number of carbonyl (C=O) groups is 2. The van der Waals surface area contributed by atoms with Gasteiger partial charge in [-0.15, -0.1) is 0 Å². The summed E-state index contributed by atoms with van der Waals surface area (Å²) >= 11 is 0. The van der Waals surface area contributed by atoms with E-state index in [0.29, 0.717) is 5.69 Å². The van der Waals surface area contributed by atoms with Crippen LogP contribution in [0.1, 0.15) is 49.0 Å². The van der Waals surface area contributed by atoms with Gasteiger partial charge in [0.05, 0.1) is 24.5 Å². The highest BCUT2D eigenvalue weighted by atomic mass is 16.4. The Morgan fingerprint density at radius 3 is 2.63 bits per heavy atom. The molecule has 1 heterocycles. The third kappa shape index (κ3) is 2.77. The Morgan fingerprint density at radius 2 is 2.11 bits per heavy atom. The van der Waals surface area contributed by atoms with Gasteiger partial charge in [0.25, 0.3) is 5.91 Å². The van der Waals surface area contributed by atoms with Gasteiger partial charge in [0.1, 0.15) is 5.69 Å². The van der Waals surface area contributed by atoms with Crippen LogP contribution < -0.4 is 0 Å². The first-order chi connectivity index (χ1) is 9.05. The van der Waals surface area contributed by atoms with Crippen LogP contribution in [0.2, 0.25) is 0 Å². The van der Waals surface area contributed by atoms with Crippen molar-refractivity contribution >= 4 is 11.9 Å². The molecule has 2 N–H and O–H groups in total. The fraction of sp³-hybridized carbons (Fsp3) is 0.615. The zero-order valence-corrected chi connectivity index (χ0v) is 11.1. The molecule has 6 heteroatoms. The Balaban J connectivity index is 2.22. The van der Waals surface area contributed by atoms with E-state index in [1.165, 1.54) is 12.5 Å². The van der Waals surface area contributed by atoms with E-state index < -0.39 is 11.5 Å². The van der Waals surface area contributed by atoms with E-state index in [1.54, 1.807) is 11.9 Å². The minimum atomic E-state index is -0.855. The van der Waals surface area contributed by atoms with Crippen LogP contribution in [-0.2, 0) is 4.79 Å². The fourth-order valence-electron chi connectivity index (χ4n) is 2.89. The van der Waals surface area contributed by atoms with Gasteiger partial charge in [0.2, 0.25) is 0 Å². The summed E-state index contributed by atoms with van der Waals surface area (Å²) in [6.45, 7) is 0. The van der Waals surface area contributed by atoms with Crippen molar-refractivity contribution in [2.24, 2.45) is 0 Å². The maximum absolute atomic E-state index is 12.4. The monoisotopic (exact) mass is 265 g/mol. The SMILES string of the molecule is CN(C(=O)c1cnc[nH]1)C1(CC(=O)O)CCCCC1. The summed E-state index contributed by atoms with van der Waals surface area (Å²) in [6, 6.07) is 0. The number of amides is 1. The van der Waals surface area contributed by atoms with Crippen molar-refractivity contribution in [2.45, 2.75) is 44.1 Å². The molecule has 1 aliphatic rings. The van der Waals surface area contributed by atoms with Crippen molar-refractivity contribution in [3.8, 4) is 0 Å². The first-order valence-corrected chi connectivity index (χ1v) is 6.53. The van der Waals surface area contributed by atoms with E-state index in [2.05, 4.69) is 9.97 Å². The highest BCUT2D eigenvalue weighted by molar-refractivity contribution is 5.92. The minimum Gasteiger partial charge on any atom is -0.481 e. The normalized spacial score (nSPS) is 17.9. The number of aromatic nitrogens is 2. The zero-order chi connectivity index (χ0) is 13.9. The number of hydrogen-bond donors (Lipinski definition) is 2. The van der Waals surface area contributed by atoms with Crippen LogP contribution in [0, 0.1) is 0 Å². The Labute approximate surface area is 111 Å². The number of carboxylic acids is 1. The van der Waals surface area contributed by atoms with Gasteiger partial charge in [-0.2, -0.15) is 0 Å². The highest BCUT2D eigenvalue weighted by Gasteiger charge is 2.40. The number of nitrogens with zero attached hydrogens (tertiary/aromatic N) is 2. The van der Waals surface area contributed by atoms with E-state index in [9.17, 15) is 9.59 Å². The molecule has 1 aliphatic carbocycles. The smallest absolute Gasteiger partial charge is 0.305 e. The average molecular weight is 265 g/mol. The predicted molar refractivity (Wildman–Crippen MR) is 68.8 cm³/mol. The molecule has 0 spiro atoms. The van der Waals surface area contributed by atoms with Crippen LogP contribution >= 0.6 is 0 Å². The molecule has 0 unspecified atom stereocenters. The molecule has 0 bridgehead atoms. The second-order valence-corrected chi connectivity index (χ2v) is 5.18. The molecular formula is C13H19N3O3. The summed E-state index contributed by atoms with van der Waals surface area (Å²) in [5.41, 5.74) is -0.162. The number of hydrogen-bond acceptors (Lipinski definition) is 3. The van der Waals surface area contributed by atoms with E-state index in [1.807, 2.05) is 0 Å². The van der Waals surface area contributed by atoms with Gasteiger partial charge in [-0.05, 0) is 12.8 Å². The quantitative estimate of drug-likeness (QED) is 0.866. The lowest BCUT2D eigenvalue weighted by Gasteiger charge is -2.43. The van der Waals surface area contributed by atoms with Gasteiger partial charge in [0, 0.05) is 7.05 Å². The Hall–Kier alpha value is -1.85. The molecule has 0 aliphatic heterocycles. The maximum Gasteiger partial charge on any atom is 0.305 e. The van der Waals surface area contributed by atoms with Crippen LogP contribution in [0.5, 0.6) is 0 Å². The molecule has 6 nitrogen and oxygen atoms in total. The fourth-order valence-corrected chi connectivity index (χ4v) is 2.89. The van der Waals surface area contributed by atoms with E-state index in [4.69, 9.17) is 5.11 Å². The molecule has 1 saturated carbocycles. The molecule has 1 fully saturated rings. The summed E-state index contributed by atoms with van der Waals surface area (Å²) in [7, 11) is 1.69. The number of rotatable bonds is 4. The Bertz CT molecular complexity index is 450. The van der Waals surface area contributed by atoms with Gasteiger partial charge in [-0.1, -0.05) is 19.3 Å². The Morgan fingerprint density at radius 1 is 1.42 bits per heavy atom. The number of carbonyl (C=O) groups excluding carboxylic acids is 1. The van der Waals surface area contributed by atoms with Crippen LogP contribution in [0.25, 0.3) is 0 Å². The van der Waals surface area contributed by atoms with Crippen molar-refractivity contribution in [2.75, 3.05) is 7.05 Å². The molecule has 0 aromatic carbocycles. The van der Waals surface area contributed by atoms with Crippen molar-refractivity contribution in [3.63, 3.8) is 0 Å². The molecule has 19 heavy (non-hydrogen) atoms. The standard InChI is InChI=1S/C13H19N3O3/c1-16(12(19)10-8-14-9-15-10)13(7-11(17)18)5-3-2-4-6-13/h8-9H,2-7H2,1H3,(H,14,15)(H,17,18). The van der Waals surface area contributed by atoms with Gasteiger partial charge in [0.15, 0.2) is 0 Å². The van der Waals surface area contributed by atoms with Crippen LogP contribution in [0.15, 0.2) is 12.5 Å². The first-order valence-electron chi connectivity index (χ1n) is 6.53. The minimum absolute atomic E-state index is 0.00335. The summed E-state index contributed by atoms with van der Waals surface area (Å²) in [4.78, 5) is 31.7. The number of nitrogens with one attached hydrogen (secondary N) is 1. The van der Waals surface area contributed by atoms with Gasteiger partial charge >= 0.3 is 5.97 Å². The highest BCUT2D eigenvalue weighted by Crippen LogP contribution is 2.36. The third-order valence-electron chi connectivity index (χ3n) is 4.01. The number of aromatic amines is 1. The molecule has 1 amide bonds. The van der Waals surface area contributed by atoms with Crippen molar-refractivity contribution in [1.82, 2.24) is 14.9 Å². The molecule has 1 aromatic rings. The number of aliphatic carboxylic acids is 1. The lowest BCUT2D eigenvalue weighted by molar-refractivity contribution is -0.140. The lowest BCUT2D eigenvalue weighted by Crippen LogP contribution is -2.52. The molecular weight excluding hydrogens is 246 g/mol.